The molecule has 0 heterocycles. The first-order chi connectivity index (χ1) is 18.7. The molecule has 0 aliphatic carbocycles. The van der Waals surface area contributed by atoms with Crippen LogP contribution in [-0.2, 0) is 38.8 Å². The number of alkyl halides is 3. The van der Waals surface area contributed by atoms with E-state index in [9.17, 15) is 31.2 Å². The topological polar surface area (TPSA) is 86.8 Å². The maximum atomic E-state index is 13.9. The number of halogens is 4. The number of nitrogens with one attached hydrogen (secondary N) is 1. The van der Waals surface area contributed by atoms with Gasteiger partial charge in [-0.2, -0.15) is 13.2 Å². The van der Waals surface area contributed by atoms with Crippen LogP contribution < -0.4 is 9.62 Å². The molecule has 3 aromatic carbocycles. The Morgan fingerprint density at radius 3 is 2.20 bits per heavy atom. The van der Waals surface area contributed by atoms with Crippen LogP contribution in [0.4, 0.5) is 18.9 Å². The van der Waals surface area contributed by atoms with E-state index in [0.717, 1.165) is 35.1 Å². The van der Waals surface area contributed by atoms with Crippen LogP contribution in [0.2, 0.25) is 5.02 Å². The molecule has 40 heavy (non-hydrogen) atoms. The summed E-state index contributed by atoms with van der Waals surface area (Å²) in [4.78, 5) is 28.2. The zero-order valence-corrected chi connectivity index (χ0v) is 23.6. The van der Waals surface area contributed by atoms with Crippen molar-refractivity contribution < 1.29 is 31.2 Å². The number of carbonyl (C=O) groups excluding carboxylic acids is 2. The fourth-order valence-corrected chi connectivity index (χ4v) is 5.26. The number of carbonyl (C=O) groups is 2. The number of rotatable bonds is 10. The largest absolute Gasteiger partial charge is 0.417 e. The second kappa shape index (κ2) is 12.7. The van der Waals surface area contributed by atoms with E-state index in [-0.39, 0.29) is 18.7 Å². The van der Waals surface area contributed by atoms with Gasteiger partial charge in [0.2, 0.25) is 21.8 Å². The highest BCUT2D eigenvalue weighted by atomic mass is 35.5. The van der Waals surface area contributed by atoms with Gasteiger partial charge in [-0.25, -0.2) is 8.42 Å². The molecule has 0 aliphatic rings. The van der Waals surface area contributed by atoms with Crippen LogP contribution in [0.25, 0.3) is 0 Å². The number of likely N-dealkylation sites (N-methyl/N-ethyl adjacent to an activating group) is 1. The van der Waals surface area contributed by atoms with E-state index in [2.05, 4.69) is 5.32 Å². The molecule has 0 radical (unpaired) electrons. The lowest BCUT2D eigenvalue weighted by atomic mass is 10.0. The molecule has 7 nitrogen and oxygen atoms in total. The molecule has 214 valence electrons. The Morgan fingerprint density at radius 1 is 1.00 bits per heavy atom. The van der Waals surface area contributed by atoms with Crippen molar-refractivity contribution in [3.63, 3.8) is 0 Å². The molecule has 0 aliphatic heterocycles. The van der Waals surface area contributed by atoms with E-state index in [4.69, 9.17) is 11.6 Å². The summed E-state index contributed by atoms with van der Waals surface area (Å²) in [6.07, 6.45) is -3.94. The zero-order chi connectivity index (χ0) is 29.7. The summed E-state index contributed by atoms with van der Waals surface area (Å²) in [7, 11) is -2.82. The van der Waals surface area contributed by atoms with Gasteiger partial charge >= 0.3 is 6.18 Å². The highest BCUT2D eigenvalue weighted by Crippen LogP contribution is 2.37. The SMILES string of the molecule is CNC(=O)[C@H](Cc1ccccc1)N(Cc1ccccc1C)C(=O)CN(c1ccc(Cl)c(C(F)(F)F)c1)S(C)(=O)=O. The number of amides is 2. The fraction of sp³-hybridized carbons (Fsp3) is 0.286. The van der Waals surface area contributed by atoms with E-state index >= 15 is 0 Å². The van der Waals surface area contributed by atoms with E-state index in [0.29, 0.717) is 10.4 Å². The molecule has 0 spiro atoms. The fourth-order valence-electron chi connectivity index (χ4n) is 4.19. The van der Waals surface area contributed by atoms with Crippen LogP contribution in [0.1, 0.15) is 22.3 Å². The molecule has 0 aromatic heterocycles. The summed E-state index contributed by atoms with van der Waals surface area (Å²) in [5.74, 6) is -1.26. The smallest absolute Gasteiger partial charge is 0.357 e. The summed E-state index contributed by atoms with van der Waals surface area (Å²) in [5, 5.41) is 1.95. The molecule has 0 unspecified atom stereocenters. The molecule has 0 fully saturated rings. The van der Waals surface area contributed by atoms with Crippen LogP contribution in [0.5, 0.6) is 0 Å². The predicted molar refractivity (Wildman–Crippen MR) is 148 cm³/mol. The predicted octanol–water partition coefficient (Wildman–Crippen LogP) is 4.82. The highest BCUT2D eigenvalue weighted by Gasteiger charge is 2.36. The Balaban J connectivity index is 2.08. The number of anilines is 1. The van der Waals surface area contributed by atoms with Crippen molar-refractivity contribution in [2.75, 3.05) is 24.2 Å². The maximum absolute atomic E-state index is 13.9. The molecular weight excluding hydrogens is 567 g/mol. The van der Waals surface area contributed by atoms with E-state index < -0.39 is 51.2 Å². The van der Waals surface area contributed by atoms with Gasteiger partial charge in [0.15, 0.2) is 0 Å². The van der Waals surface area contributed by atoms with Crippen molar-refractivity contribution in [1.29, 1.82) is 0 Å². The molecule has 3 aromatic rings. The first-order valence-corrected chi connectivity index (χ1v) is 14.4. The average molecular weight is 596 g/mol. The van der Waals surface area contributed by atoms with Gasteiger partial charge in [-0.3, -0.25) is 13.9 Å². The molecule has 2 amide bonds. The maximum Gasteiger partial charge on any atom is 0.417 e. The van der Waals surface area contributed by atoms with Crippen LogP contribution in [0.3, 0.4) is 0 Å². The number of nitrogens with zero attached hydrogens (tertiary/aromatic N) is 2. The second-order valence-electron chi connectivity index (χ2n) is 9.20. The van der Waals surface area contributed by atoms with Crippen LogP contribution >= 0.6 is 11.6 Å². The van der Waals surface area contributed by atoms with Gasteiger partial charge in [-0.1, -0.05) is 66.2 Å². The second-order valence-corrected chi connectivity index (χ2v) is 11.5. The van der Waals surface area contributed by atoms with Crippen LogP contribution in [-0.4, -0.2) is 51.0 Å². The van der Waals surface area contributed by atoms with Crippen molar-refractivity contribution in [2.45, 2.75) is 32.1 Å². The lowest BCUT2D eigenvalue weighted by Crippen LogP contribution is -2.53. The van der Waals surface area contributed by atoms with Crippen LogP contribution in [0, 0.1) is 6.92 Å². The third-order valence-corrected chi connectivity index (χ3v) is 7.81. The third kappa shape index (κ3) is 7.76. The van der Waals surface area contributed by atoms with Gasteiger partial charge in [0.1, 0.15) is 12.6 Å². The Kier molecular flexibility index (Phi) is 9.86. The van der Waals surface area contributed by atoms with E-state index in [1.807, 2.05) is 19.1 Å². The molecule has 0 bridgehead atoms. The molecule has 3 rings (SSSR count). The minimum Gasteiger partial charge on any atom is -0.357 e. The number of sulfonamides is 1. The number of hydrogen-bond donors (Lipinski definition) is 1. The molecule has 1 atom stereocenters. The standard InChI is InChI=1S/C28H29ClF3N3O4S/c1-19-9-7-8-12-21(19)17-34(25(27(37)33-2)15-20-10-5-4-6-11-20)26(36)18-35(40(3,38)39)22-13-14-24(29)23(16-22)28(30,31)32/h4-14,16,25H,15,17-18H2,1-3H3,(H,33,37)/t25-/m0/s1. The first-order valence-electron chi connectivity index (χ1n) is 12.2. The van der Waals surface area contributed by atoms with Gasteiger partial charge in [-0.05, 0) is 41.8 Å². The van der Waals surface area contributed by atoms with Crippen molar-refractivity contribution in [1.82, 2.24) is 10.2 Å². The van der Waals surface area contributed by atoms with Gasteiger partial charge < -0.3 is 10.2 Å². The molecule has 12 heteroatoms. The van der Waals surface area contributed by atoms with Gasteiger partial charge in [0.25, 0.3) is 0 Å². The van der Waals surface area contributed by atoms with Crippen LogP contribution in [0.15, 0.2) is 72.8 Å². The van der Waals surface area contributed by atoms with Crippen molar-refractivity contribution >= 4 is 39.1 Å². The minimum absolute atomic E-state index is 0.0392. The lowest BCUT2D eigenvalue weighted by Gasteiger charge is -2.33. The van der Waals surface area contributed by atoms with Gasteiger partial charge in [0.05, 0.1) is 22.5 Å². The van der Waals surface area contributed by atoms with Gasteiger partial charge in [0, 0.05) is 20.0 Å². The summed E-state index contributed by atoms with van der Waals surface area (Å²) in [6, 6.07) is 17.7. The molecule has 0 saturated heterocycles. The molecular formula is C28H29ClF3N3O4S. The Morgan fingerprint density at radius 2 is 1.62 bits per heavy atom. The number of hydrogen-bond acceptors (Lipinski definition) is 4. The monoisotopic (exact) mass is 595 g/mol. The summed E-state index contributed by atoms with van der Waals surface area (Å²) >= 11 is 5.72. The summed E-state index contributed by atoms with van der Waals surface area (Å²) < 4.78 is 66.7. The minimum atomic E-state index is -4.85. The lowest BCUT2D eigenvalue weighted by molar-refractivity contribution is -0.139. The quantitative estimate of drug-likeness (QED) is 0.364. The average Bonchev–Trinajstić information content (AvgIpc) is 2.89. The number of aryl methyl sites for hydroxylation is 1. The molecule has 1 N–H and O–H groups in total. The Bertz CT molecular complexity index is 1470. The van der Waals surface area contributed by atoms with E-state index in [1.165, 1.54) is 11.9 Å². The highest BCUT2D eigenvalue weighted by molar-refractivity contribution is 7.92. The normalized spacial score (nSPS) is 12.5. The van der Waals surface area contributed by atoms with Crippen molar-refractivity contribution in [3.8, 4) is 0 Å². The van der Waals surface area contributed by atoms with Crippen molar-refractivity contribution in [3.05, 3.63) is 100 Å². The Hall–Kier alpha value is -3.57. The summed E-state index contributed by atoms with van der Waals surface area (Å²) in [6.45, 7) is 0.952. The zero-order valence-electron chi connectivity index (χ0n) is 22.1. The number of benzene rings is 3. The first kappa shape index (κ1) is 31.0. The van der Waals surface area contributed by atoms with Crippen molar-refractivity contribution in [2.24, 2.45) is 0 Å². The Labute approximate surface area is 236 Å². The molecule has 0 saturated carbocycles. The van der Waals surface area contributed by atoms with E-state index in [1.54, 1.807) is 42.5 Å². The van der Waals surface area contributed by atoms with Gasteiger partial charge in [-0.15, -0.1) is 0 Å². The summed E-state index contributed by atoms with van der Waals surface area (Å²) in [5.41, 5.74) is 0.684. The third-order valence-electron chi connectivity index (χ3n) is 6.34.